The summed E-state index contributed by atoms with van der Waals surface area (Å²) < 4.78 is 1.86. The van der Waals surface area contributed by atoms with Crippen molar-refractivity contribution in [3.63, 3.8) is 0 Å². The first-order chi connectivity index (χ1) is 9.08. The Balaban J connectivity index is 2.22. The molecule has 0 radical (unpaired) electrons. The largest absolute Gasteiger partial charge is 0.326 e. The van der Waals surface area contributed by atoms with Crippen LogP contribution in [0.15, 0.2) is 28.0 Å². The third-order valence-corrected chi connectivity index (χ3v) is 3.96. The number of aromatic amines is 1. The van der Waals surface area contributed by atoms with Crippen molar-refractivity contribution in [3.8, 4) is 0 Å². The number of benzene rings is 1. The Morgan fingerprint density at radius 2 is 2.21 bits per heavy atom. The lowest BCUT2D eigenvalue weighted by Gasteiger charge is -2.19. The highest BCUT2D eigenvalue weighted by Crippen LogP contribution is 2.32. The Bertz CT molecular complexity index is 704. The van der Waals surface area contributed by atoms with E-state index >= 15 is 0 Å². The molecule has 19 heavy (non-hydrogen) atoms. The zero-order chi connectivity index (χ0) is 13.6. The molecule has 0 spiro atoms. The predicted octanol–water partition coefficient (Wildman–Crippen LogP) is 2.69. The van der Waals surface area contributed by atoms with E-state index in [4.69, 9.17) is 4.99 Å². The molecule has 3 rings (SSSR count). The number of aryl methyl sites for hydroxylation is 1. The first-order valence-electron chi connectivity index (χ1n) is 6.80. The van der Waals surface area contributed by atoms with E-state index in [2.05, 4.69) is 18.0 Å². The van der Waals surface area contributed by atoms with Gasteiger partial charge in [0.25, 0.3) is 0 Å². The van der Waals surface area contributed by atoms with Crippen LogP contribution in [-0.4, -0.2) is 21.3 Å². The molecule has 2 heterocycles. The molecule has 0 amide bonds. The lowest BCUT2D eigenvalue weighted by Crippen LogP contribution is -2.19. The smallest absolute Gasteiger partial charge is 0.306 e. The fourth-order valence-electron chi connectivity index (χ4n) is 3.06. The van der Waals surface area contributed by atoms with Crippen LogP contribution in [0.2, 0.25) is 0 Å². The summed E-state index contributed by atoms with van der Waals surface area (Å²) in [7, 11) is 0. The standard InChI is InChI=1S/C15H19N3O/c1-9(2)16-12-7-8-18-14-11(10(12)3)5-4-6-13(14)17-15(18)19/h4-6,10,12H,7-8H2,1-3H3,(H,17,19). The summed E-state index contributed by atoms with van der Waals surface area (Å²) in [6.45, 7) is 7.01. The number of aliphatic imine (C=N–C) groups is 1. The van der Waals surface area contributed by atoms with Crippen molar-refractivity contribution in [3.05, 3.63) is 34.2 Å². The van der Waals surface area contributed by atoms with Gasteiger partial charge in [-0.3, -0.25) is 9.56 Å². The highest BCUT2D eigenvalue weighted by Gasteiger charge is 2.26. The zero-order valence-electron chi connectivity index (χ0n) is 11.6. The maximum atomic E-state index is 12.0. The van der Waals surface area contributed by atoms with Gasteiger partial charge in [-0.15, -0.1) is 0 Å². The van der Waals surface area contributed by atoms with Crippen LogP contribution < -0.4 is 5.69 Å². The van der Waals surface area contributed by atoms with Gasteiger partial charge < -0.3 is 4.98 Å². The van der Waals surface area contributed by atoms with E-state index in [1.54, 1.807) is 0 Å². The van der Waals surface area contributed by atoms with E-state index in [9.17, 15) is 4.79 Å². The van der Waals surface area contributed by atoms with Gasteiger partial charge in [0, 0.05) is 18.2 Å². The molecule has 2 atom stereocenters. The van der Waals surface area contributed by atoms with Crippen LogP contribution in [0.3, 0.4) is 0 Å². The first-order valence-corrected chi connectivity index (χ1v) is 6.80. The molecule has 4 heteroatoms. The summed E-state index contributed by atoms with van der Waals surface area (Å²) in [6.07, 6.45) is 0.911. The van der Waals surface area contributed by atoms with Crippen LogP contribution >= 0.6 is 0 Å². The molecule has 1 aliphatic heterocycles. The van der Waals surface area contributed by atoms with Crippen molar-refractivity contribution in [1.29, 1.82) is 0 Å². The van der Waals surface area contributed by atoms with Crippen LogP contribution in [0.4, 0.5) is 0 Å². The van der Waals surface area contributed by atoms with Crippen molar-refractivity contribution in [2.75, 3.05) is 0 Å². The van der Waals surface area contributed by atoms with Crippen LogP contribution in [0.1, 0.15) is 38.7 Å². The molecule has 1 aliphatic rings. The minimum Gasteiger partial charge on any atom is -0.306 e. The third kappa shape index (κ3) is 1.91. The number of nitrogens with one attached hydrogen (secondary N) is 1. The van der Waals surface area contributed by atoms with Gasteiger partial charge in [0.1, 0.15) is 0 Å². The second kappa shape index (κ2) is 4.37. The molecule has 0 bridgehead atoms. The molecule has 2 aromatic rings. The fourth-order valence-corrected chi connectivity index (χ4v) is 3.06. The van der Waals surface area contributed by atoms with Gasteiger partial charge in [-0.1, -0.05) is 19.1 Å². The molecule has 2 unspecified atom stereocenters. The Morgan fingerprint density at radius 3 is 2.95 bits per heavy atom. The lowest BCUT2D eigenvalue weighted by molar-refractivity contribution is 0.505. The molecule has 100 valence electrons. The molecule has 0 saturated heterocycles. The van der Waals surface area contributed by atoms with Crippen LogP contribution in [-0.2, 0) is 6.54 Å². The monoisotopic (exact) mass is 257 g/mol. The SMILES string of the molecule is CC(C)=NC1CCn2c(=O)[nH]c3cccc(c32)C1C. The van der Waals surface area contributed by atoms with Crippen molar-refractivity contribution in [2.24, 2.45) is 4.99 Å². The maximum absolute atomic E-state index is 12.0. The molecule has 1 N–H and O–H groups in total. The average molecular weight is 257 g/mol. The van der Waals surface area contributed by atoms with Gasteiger partial charge in [0.2, 0.25) is 0 Å². The number of nitrogens with zero attached hydrogens (tertiary/aromatic N) is 2. The molecule has 1 aromatic heterocycles. The van der Waals surface area contributed by atoms with Crippen molar-refractivity contribution >= 4 is 16.7 Å². The first kappa shape index (κ1) is 12.2. The van der Waals surface area contributed by atoms with Gasteiger partial charge >= 0.3 is 5.69 Å². The van der Waals surface area contributed by atoms with E-state index in [1.807, 2.05) is 30.5 Å². The molecule has 0 aliphatic carbocycles. The van der Waals surface area contributed by atoms with Crippen LogP contribution in [0, 0.1) is 0 Å². The minimum absolute atomic E-state index is 0.00694. The highest BCUT2D eigenvalue weighted by molar-refractivity contribution is 5.81. The van der Waals surface area contributed by atoms with E-state index in [0.29, 0.717) is 5.92 Å². The number of aromatic nitrogens is 2. The number of H-pyrrole nitrogens is 1. The second-order valence-electron chi connectivity index (χ2n) is 5.55. The number of imidazole rings is 1. The summed E-state index contributed by atoms with van der Waals surface area (Å²) in [5, 5.41) is 0. The van der Waals surface area contributed by atoms with Crippen molar-refractivity contribution in [1.82, 2.24) is 9.55 Å². The Hall–Kier alpha value is -1.84. The van der Waals surface area contributed by atoms with Crippen LogP contribution in [0.5, 0.6) is 0 Å². The van der Waals surface area contributed by atoms with Gasteiger partial charge in [-0.25, -0.2) is 4.79 Å². The van der Waals surface area contributed by atoms with E-state index in [0.717, 1.165) is 29.7 Å². The lowest BCUT2D eigenvalue weighted by atomic mass is 9.92. The topological polar surface area (TPSA) is 50.1 Å². The fraction of sp³-hybridized carbons (Fsp3) is 0.467. The maximum Gasteiger partial charge on any atom is 0.326 e. The summed E-state index contributed by atoms with van der Waals surface area (Å²) in [4.78, 5) is 19.7. The number of hydrogen-bond donors (Lipinski definition) is 1. The summed E-state index contributed by atoms with van der Waals surface area (Å²) in [5.74, 6) is 0.336. The molecular formula is C15H19N3O. The van der Waals surface area contributed by atoms with Crippen molar-refractivity contribution < 1.29 is 0 Å². The summed E-state index contributed by atoms with van der Waals surface area (Å²) >= 11 is 0. The van der Waals surface area contributed by atoms with E-state index < -0.39 is 0 Å². The minimum atomic E-state index is -0.00694. The summed E-state index contributed by atoms with van der Waals surface area (Å²) in [5.41, 5.74) is 4.32. The zero-order valence-corrected chi connectivity index (χ0v) is 11.6. The van der Waals surface area contributed by atoms with Crippen LogP contribution in [0.25, 0.3) is 11.0 Å². The van der Waals surface area contributed by atoms with Gasteiger partial charge in [0.15, 0.2) is 0 Å². The average Bonchev–Trinajstić information content (AvgIpc) is 2.61. The van der Waals surface area contributed by atoms with Crippen molar-refractivity contribution in [2.45, 2.75) is 45.7 Å². The Labute approximate surface area is 112 Å². The number of hydrogen-bond acceptors (Lipinski definition) is 2. The molecule has 0 saturated carbocycles. The molecular weight excluding hydrogens is 238 g/mol. The Morgan fingerprint density at radius 1 is 1.42 bits per heavy atom. The number of para-hydroxylation sites is 1. The van der Waals surface area contributed by atoms with E-state index in [-0.39, 0.29) is 11.7 Å². The van der Waals surface area contributed by atoms with Gasteiger partial charge in [-0.05, 0) is 31.9 Å². The summed E-state index contributed by atoms with van der Waals surface area (Å²) in [6, 6.07) is 6.36. The number of rotatable bonds is 1. The molecule has 0 fully saturated rings. The van der Waals surface area contributed by atoms with Gasteiger partial charge in [-0.2, -0.15) is 0 Å². The normalized spacial score (nSPS) is 22.3. The predicted molar refractivity (Wildman–Crippen MR) is 78.2 cm³/mol. The van der Waals surface area contributed by atoms with E-state index in [1.165, 1.54) is 5.56 Å². The van der Waals surface area contributed by atoms with Gasteiger partial charge in [0.05, 0.1) is 17.1 Å². The third-order valence-electron chi connectivity index (χ3n) is 3.96. The highest BCUT2D eigenvalue weighted by atomic mass is 16.1. The Kier molecular flexibility index (Phi) is 2.81. The second-order valence-corrected chi connectivity index (χ2v) is 5.55. The molecule has 1 aromatic carbocycles. The quantitative estimate of drug-likeness (QED) is 0.784. The molecule has 4 nitrogen and oxygen atoms in total.